The maximum atomic E-state index is 12.7. The Kier molecular flexibility index (Phi) is 9.43. The van der Waals surface area contributed by atoms with Gasteiger partial charge in [0, 0.05) is 26.2 Å². The molecule has 120 valence electrons. The van der Waals surface area contributed by atoms with Crippen molar-refractivity contribution >= 4 is 18.3 Å². The average molecular weight is 307 g/mol. The van der Waals surface area contributed by atoms with Crippen molar-refractivity contribution in [3.8, 4) is 0 Å². The Morgan fingerprint density at radius 3 is 2.50 bits per heavy atom. The summed E-state index contributed by atoms with van der Waals surface area (Å²) in [7, 11) is 0. The fraction of sp³-hybridized carbons (Fsp3) is 0.933. The van der Waals surface area contributed by atoms with Crippen LogP contribution in [0, 0.1) is 11.3 Å². The van der Waals surface area contributed by atoms with Crippen molar-refractivity contribution in [1.29, 1.82) is 0 Å². The quantitative estimate of drug-likeness (QED) is 0.786. The van der Waals surface area contributed by atoms with Gasteiger partial charge in [0.2, 0.25) is 5.91 Å². The van der Waals surface area contributed by atoms with Crippen LogP contribution in [0.5, 0.6) is 0 Å². The number of likely N-dealkylation sites (tertiary alicyclic amines) is 1. The monoisotopic (exact) mass is 306 g/mol. The Balaban J connectivity index is 0.00000361. The second-order valence-electron chi connectivity index (χ2n) is 5.61. The molecule has 1 unspecified atom stereocenters. The van der Waals surface area contributed by atoms with Gasteiger partial charge in [-0.1, -0.05) is 13.8 Å². The minimum absolute atomic E-state index is 0. The Morgan fingerprint density at radius 1 is 1.35 bits per heavy atom. The summed E-state index contributed by atoms with van der Waals surface area (Å²) < 4.78 is 5.50. The van der Waals surface area contributed by atoms with E-state index < -0.39 is 0 Å². The maximum absolute atomic E-state index is 12.7. The number of nitrogens with two attached hydrogens (primary N) is 1. The number of piperidine rings is 1. The molecule has 0 radical (unpaired) electrons. The zero-order valence-corrected chi connectivity index (χ0v) is 14.0. The Labute approximate surface area is 129 Å². The molecule has 1 amide bonds. The molecule has 1 saturated heterocycles. The number of hydrogen-bond donors (Lipinski definition) is 1. The van der Waals surface area contributed by atoms with Crippen LogP contribution in [0.1, 0.15) is 46.5 Å². The van der Waals surface area contributed by atoms with Crippen molar-refractivity contribution in [2.45, 2.75) is 46.5 Å². The van der Waals surface area contributed by atoms with E-state index in [2.05, 4.69) is 13.8 Å². The van der Waals surface area contributed by atoms with Gasteiger partial charge in [-0.15, -0.1) is 12.4 Å². The molecule has 4 nitrogen and oxygen atoms in total. The fourth-order valence-corrected chi connectivity index (χ4v) is 2.93. The van der Waals surface area contributed by atoms with Crippen LogP contribution in [-0.4, -0.2) is 43.7 Å². The van der Waals surface area contributed by atoms with Crippen molar-refractivity contribution in [3.05, 3.63) is 0 Å². The second kappa shape index (κ2) is 9.59. The lowest BCUT2D eigenvalue weighted by Gasteiger charge is -2.39. The van der Waals surface area contributed by atoms with Gasteiger partial charge in [0.1, 0.15) is 0 Å². The van der Waals surface area contributed by atoms with Crippen molar-refractivity contribution in [2.75, 3.05) is 32.8 Å². The molecular formula is C15H31ClN2O2. The number of halogens is 1. The molecule has 5 heteroatoms. The molecule has 0 bridgehead atoms. The first-order chi connectivity index (χ1) is 9.13. The minimum atomic E-state index is -0.354. The van der Waals surface area contributed by atoms with Gasteiger partial charge in [-0.3, -0.25) is 4.79 Å². The summed E-state index contributed by atoms with van der Waals surface area (Å²) >= 11 is 0. The summed E-state index contributed by atoms with van der Waals surface area (Å²) in [4.78, 5) is 14.8. The highest BCUT2D eigenvalue weighted by Crippen LogP contribution is 2.30. The number of carbonyl (C=O) groups is 1. The topological polar surface area (TPSA) is 55.6 Å². The van der Waals surface area contributed by atoms with Crippen LogP contribution >= 0.6 is 12.4 Å². The standard InChI is InChI=1S/C15H30N2O2.ClH/c1-4-15(5-2,12-16)14(18)17-9-7-8-13(10-17)11-19-6-3;/h13H,4-12,16H2,1-3H3;1H. The Hall–Kier alpha value is -0.320. The van der Waals surface area contributed by atoms with E-state index in [1.54, 1.807) is 0 Å². The lowest BCUT2D eigenvalue weighted by molar-refractivity contribution is -0.144. The van der Waals surface area contributed by atoms with Crippen LogP contribution in [0.2, 0.25) is 0 Å². The molecule has 0 aliphatic carbocycles. The third-order valence-corrected chi connectivity index (χ3v) is 4.56. The molecule has 1 heterocycles. The summed E-state index contributed by atoms with van der Waals surface area (Å²) in [5.41, 5.74) is 5.53. The lowest BCUT2D eigenvalue weighted by Crippen LogP contribution is -2.51. The molecule has 1 fully saturated rings. The van der Waals surface area contributed by atoms with E-state index in [-0.39, 0.29) is 23.7 Å². The molecule has 0 aromatic carbocycles. The van der Waals surface area contributed by atoms with Gasteiger partial charge in [0.05, 0.1) is 12.0 Å². The zero-order chi connectivity index (χ0) is 14.3. The average Bonchev–Trinajstić information content (AvgIpc) is 2.47. The molecule has 1 aliphatic heterocycles. The van der Waals surface area contributed by atoms with Crippen LogP contribution < -0.4 is 5.73 Å². The predicted octanol–water partition coefficient (Wildman–Crippen LogP) is 2.45. The van der Waals surface area contributed by atoms with Gasteiger partial charge in [0.25, 0.3) is 0 Å². The summed E-state index contributed by atoms with van der Waals surface area (Å²) in [5, 5.41) is 0. The summed E-state index contributed by atoms with van der Waals surface area (Å²) in [5.74, 6) is 0.739. The van der Waals surface area contributed by atoms with E-state index in [0.29, 0.717) is 12.5 Å². The number of ether oxygens (including phenoxy) is 1. The number of amides is 1. The number of hydrogen-bond acceptors (Lipinski definition) is 3. The Morgan fingerprint density at radius 2 is 2.00 bits per heavy atom. The number of rotatable bonds is 7. The van der Waals surface area contributed by atoms with Gasteiger partial charge < -0.3 is 15.4 Å². The summed E-state index contributed by atoms with van der Waals surface area (Å²) in [6.45, 7) is 9.83. The van der Waals surface area contributed by atoms with Crippen LogP contribution in [0.25, 0.3) is 0 Å². The number of nitrogens with zero attached hydrogens (tertiary/aromatic N) is 1. The highest BCUT2D eigenvalue weighted by atomic mass is 35.5. The van der Waals surface area contributed by atoms with E-state index in [4.69, 9.17) is 10.5 Å². The van der Waals surface area contributed by atoms with Gasteiger partial charge in [-0.25, -0.2) is 0 Å². The lowest BCUT2D eigenvalue weighted by atomic mass is 9.80. The van der Waals surface area contributed by atoms with Gasteiger partial charge >= 0.3 is 0 Å². The summed E-state index contributed by atoms with van der Waals surface area (Å²) in [6, 6.07) is 0. The van der Waals surface area contributed by atoms with Crippen LogP contribution in [0.15, 0.2) is 0 Å². The van der Waals surface area contributed by atoms with Crippen molar-refractivity contribution < 1.29 is 9.53 Å². The molecule has 1 rings (SSSR count). The fourth-order valence-electron chi connectivity index (χ4n) is 2.93. The van der Waals surface area contributed by atoms with E-state index in [0.717, 1.165) is 52.0 Å². The SMILES string of the molecule is CCOCC1CCCN(C(=O)C(CC)(CC)CN)C1.Cl. The molecular weight excluding hydrogens is 276 g/mol. The maximum Gasteiger partial charge on any atom is 0.230 e. The molecule has 1 atom stereocenters. The first-order valence-corrected chi connectivity index (χ1v) is 7.70. The van der Waals surface area contributed by atoms with Gasteiger partial charge in [0.15, 0.2) is 0 Å². The zero-order valence-electron chi connectivity index (χ0n) is 13.2. The van der Waals surface area contributed by atoms with Crippen LogP contribution in [-0.2, 0) is 9.53 Å². The molecule has 20 heavy (non-hydrogen) atoms. The first kappa shape index (κ1) is 19.7. The van der Waals surface area contributed by atoms with E-state index in [1.807, 2.05) is 11.8 Å². The van der Waals surface area contributed by atoms with Crippen molar-refractivity contribution in [3.63, 3.8) is 0 Å². The van der Waals surface area contributed by atoms with E-state index in [1.165, 1.54) is 0 Å². The van der Waals surface area contributed by atoms with E-state index in [9.17, 15) is 4.79 Å². The Bertz CT molecular complexity index is 275. The molecule has 1 aliphatic rings. The molecule has 2 N–H and O–H groups in total. The first-order valence-electron chi connectivity index (χ1n) is 7.70. The highest BCUT2D eigenvalue weighted by molar-refractivity contribution is 5.85. The molecule has 0 spiro atoms. The van der Waals surface area contributed by atoms with Crippen LogP contribution in [0.3, 0.4) is 0 Å². The van der Waals surface area contributed by atoms with Crippen molar-refractivity contribution in [2.24, 2.45) is 17.1 Å². The summed E-state index contributed by atoms with van der Waals surface area (Å²) in [6.07, 6.45) is 3.89. The van der Waals surface area contributed by atoms with E-state index >= 15 is 0 Å². The molecule has 0 saturated carbocycles. The number of carbonyl (C=O) groups excluding carboxylic acids is 1. The van der Waals surface area contributed by atoms with Gasteiger partial charge in [-0.2, -0.15) is 0 Å². The normalized spacial score (nSPS) is 19.6. The molecule has 0 aromatic heterocycles. The largest absolute Gasteiger partial charge is 0.381 e. The highest BCUT2D eigenvalue weighted by Gasteiger charge is 2.38. The minimum Gasteiger partial charge on any atom is -0.381 e. The third-order valence-electron chi connectivity index (χ3n) is 4.56. The van der Waals surface area contributed by atoms with Crippen molar-refractivity contribution in [1.82, 2.24) is 4.90 Å². The van der Waals surface area contributed by atoms with Gasteiger partial charge in [-0.05, 0) is 38.5 Å². The van der Waals surface area contributed by atoms with Crippen LogP contribution in [0.4, 0.5) is 0 Å². The smallest absolute Gasteiger partial charge is 0.230 e. The third kappa shape index (κ3) is 4.61. The molecule has 0 aromatic rings. The predicted molar refractivity (Wildman–Crippen MR) is 85.1 cm³/mol. The second-order valence-corrected chi connectivity index (χ2v) is 5.61.